The Bertz CT molecular complexity index is 1140. The molecule has 0 aliphatic rings. The molecule has 0 unspecified atom stereocenters. The third-order valence-electron chi connectivity index (χ3n) is 5.50. The minimum absolute atomic E-state index is 0.167. The molecule has 2 nitrogen and oxygen atoms in total. The number of hydrogen-bond donors (Lipinski definition) is 0. The van der Waals surface area contributed by atoms with Crippen LogP contribution in [0.25, 0.3) is 10.8 Å². The summed E-state index contributed by atoms with van der Waals surface area (Å²) in [6, 6.07) is 16.1. The molecule has 4 aromatic rings. The predicted molar refractivity (Wildman–Crippen MR) is 117 cm³/mol. The monoisotopic (exact) mass is 402 g/mol. The van der Waals surface area contributed by atoms with Crippen LogP contribution in [0.4, 0.5) is 8.78 Å². The molecular weight excluding hydrogens is 378 g/mol. The molecule has 0 saturated heterocycles. The van der Waals surface area contributed by atoms with E-state index in [0.717, 1.165) is 47.2 Å². The van der Waals surface area contributed by atoms with E-state index in [4.69, 9.17) is 0 Å². The van der Waals surface area contributed by atoms with Crippen LogP contribution in [0.3, 0.4) is 0 Å². The lowest BCUT2D eigenvalue weighted by Crippen LogP contribution is -1.99. The van der Waals surface area contributed by atoms with E-state index in [2.05, 4.69) is 16.9 Å². The minimum atomic E-state index is -0.254. The highest BCUT2D eigenvalue weighted by atomic mass is 19.1. The van der Waals surface area contributed by atoms with Crippen molar-refractivity contribution in [3.63, 3.8) is 0 Å². The van der Waals surface area contributed by atoms with Gasteiger partial charge in [-0.1, -0.05) is 49.4 Å². The van der Waals surface area contributed by atoms with Gasteiger partial charge in [-0.2, -0.15) is 0 Å². The fourth-order valence-corrected chi connectivity index (χ4v) is 3.61. The number of aryl methyl sites for hydroxylation is 5. The van der Waals surface area contributed by atoms with Crippen molar-refractivity contribution in [3.05, 3.63) is 107 Å². The van der Waals surface area contributed by atoms with E-state index in [9.17, 15) is 4.39 Å². The molecule has 3 aromatic carbocycles. The summed E-state index contributed by atoms with van der Waals surface area (Å²) >= 11 is 0. The Morgan fingerprint density at radius 3 is 2.13 bits per heavy atom. The first kappa shape index (κ1) is 20.1. The second kappa shape index (κ2) is 9.12. The summed E-state index contributed by atoms with van der Waals surface area (Å²) in [7, 11) is 0. The summed E-state index contributed by atoms with van der Waals surface area (Å²) in [5.41, 5.74) is 3.96. The van der Waals surface area contributed by atoms with Crippen LogP contribution in [0.15, 0.2) is 67.0 Å². The summed E-state index contributed by atoms with van der Waals surface area (Å²) in [5, 5.41) is 1.54. The van der Waals surface area contributed by atoms with Crippen molar-refractivity contribution in [3.8, 4) is 0 Å². The van der Waals surface area contributed by atoms with Gasteiger partial charge in [0.1, 0.15) is 17.5 Å². The van der Waals surface area contributed by atoms with Gasteiger partial charge in [0.05, 0.1) is 0 Å². The van der Waals surface area contributed by atoms with Crippen molar-refractivity contribution >= 4 is 10.8 Å². The molecule has 0 spiro atoms. The molecule has 0 bridgehead atoms. The van der Waals surface area contributed by atoms with E-state index >= 15 is 4.39 Å². The smallest absolute Gasteiger partial charge is 0.134 e. The molecule has 0 aliphatic heterocycles. The van der Waals surface area contributed by atoms with Gasteiger partial charge in [-0.15, -0.1) is 0 Å². The molecule has 30 heavy (non-hydrogen) atoms. The molecule has 0 atom stereocenters. The van der Waals surface area contributed by atoms with E-state index in [-0.39, 0.29) is 11.6 Å². The molecule has 0 aliphatic carbocycles. The largest absolute Gasteiger partial charge is 0.241 e. The number of fused-ring (bicyclic) bond motifs is 1. The topological polar surface area (TPSA) is 25.8 Å². The van der Waals surface area contributed by atoms with Crippen molar-refractivity contribution in [2.45, 2.75) is 39.0 Å². The molecular formula is C26H24F2N2. The molecule has 0 radical (unpaired) electrons. The molecule has 4 rings (SSSR count). The summed E-state index contributed by atoms with van der Waals surface area (Å²) in [6.07, 6.45) is 7.53. The number of halogens is 2. The van der Waals surface area contributed by atoms with Gasteiger partial charge in [0.25, 0.3) is 0 Å². The Morgan fingerprint density at radius 2 is 1.40 bits per heavy atom. The van der Waals surface area contributed by atoms with Gasteiger partial charge in [-0.3, -0.25) is 0 Å². The summed E-state index contributed by atoms with van der Waals surface area (Å²) in [6.45, 7) is 2.08. The van der Waals surface area contributed by atoms with Crippen LogP contribution in [0.1, 0.15) is 35.0 Å². The van der Waals surface area contributed by atoms with Crippen LogP contribution in [-0.4, -0.2) is 9.97 Å². The quantitative estimate of drug-likeness (QED) is 0.377. The maximum absolute atomic E-state index is 15.0. The molecule has 0 saturated carbocycles. The predicted octanol–water partition coefficient (Wildman–Crippen LogP) is 6.04. The third-order valence-corrected chi connectivity index (χ3v) is 5.50. The Hall–Kier alpha value is -3.14. The van der Waals surface area contributed by atoms with Gasteiger partial charge in [0.2, 0.25) is 0 Å². The van der Waals surface area contributed by atoms with Crippen LogP contribution >= 0.6 is 0 Å². The third kappa shape index (κ3) is 4.70. The van der Waals surface area contributed by atoms with Crippen LogP contribution < -0.4 is 0 Å². The van der Waals surface area contributed by atoms with Crippen molar-refractivity contribution in [2.75, 3.05) is 0 Å². The Labute approximate surface area is 175 Å². The maximum Gasteiger partial charge on any atom is 0.134 e. The minimum Gasteiger partial charge on any atom is -0.241 e. The van der Waals surface area contributed by atoms with Crippen molar-refractivity contribution in [1.29, 1.82) is 0 Å². The normalized spacial score (nSPS) is 11.2. The zero-order valence-corrected chi connectivity index (χ0v) is 17.0. The lowest BCUT2D eigenvalue weighted by molar-refractivity contribution is 0.619. The summed E-state index contributed by atoms with van der Waals surface area (Å²) in [5.74, 6) is 0.408. The van der Waals surface area contributed by atoms with Crippen LogP contribution in [-0.2, 0) is 32.1 Å². The van der Waals surface area contributed by atoms with Gasteiger partial charge < -0.3 is 0 Å². The van der Waals surface area contributed by atoms with Crippen LogP contribution in [0.2, 0.25) is 0 Å². The van der Waals surface area contributed by atoms with Gasteiger partial charge in [0.15, 0.2) is 0 Å². The average Bonchev–Trinajstić information content (AvgIpc) is 2.78. The van der Waals surface area contributed by atoms with E-state index in [1.54, 1.807) is 12.1 Å². The number of rotatable bonds is 7. The number of nitrogens with zero attached hydrogens (tertiary/aromatic N) is 2. The number of hydrogen-bond acceptors (Lipinski definition) is 2. The SMILES string of the molecule is CCc1cnc(CCc2ccc3c(F)c(CCc4ccc(F)cc4)ccc3c2)nc1. The Balaban J connectivity index is 1.45. The lowest BCUT2D eigenvalue weighted by atomic mass is 9.98. The van der Waals surface area contributed by atoms with E-state index in [1.165, 1.54) is 12.1 Å². The van der Waals surface area contributed by atoms with Gasteiger partial charge in [-0.25, -0.2) is 18.7 Å². The summed E-state index contributed by atoms with van der Waals surface area (Å²) < 4.78 is 28.0. The standard InChI is InChI=1S/C26H24F2N2/c1-2-18-16-29-25(30-17-18)14-7-20-6-13-24-22(15-20)10-9-21(26(24)28)8-3-19-4-11-23(27)12-5-19/h4-6,9-13,15-17H,2-3,7-8,14H2,1H3. The van der Waals surface area contributed by atoms with Crippen molar-refractivity contribution in [2.24, 2.45) is 0 Å². The zero-order chi connectivity index (χ0) is 20.9. The highest BCUT2D eigenvalue weighted by Crippen LogP contribution is 2.24. The average molecular weight is 402 g/mol. The second-order valence-corrected chi connectivity index (χ2v) is 7.58. The van der Waals surface area contributed by atoms with Gasteiger partial charge in [0, 0.05) is 24.2 Å². The second-order valence-electron chi connectivity index (χ2n) is 7.58. The molecule has 1 heterocycles. The maximum atomic E-state index is 15.0. The molecule has 152 valence electrons. The highest BCUT2D eigenvalue weighted by molar-refractivity contribution is 5.84. The number of aromatic nitrogens is 2. The zero-order valence-electron chi connectivity index (χ0n) is 17.0. The lowest BCUT2D eigenvalue weighted by Gasteiger charge is -2.09. The molecule has 1 aromatic heterocycles. The fourth-order valence-electron chi connectivity index (χ4n) is 3.61. The van der Waals surface area contributed by atoms with Gasteiger partial charge in [-0.05, 0) is 65.5 Å². The van der Waals surface area contributed by atoms with Crippen molar-refractivity contribution < 1.29 is 8.78 Å². The van der Waals surface area contributed by atoms with Crippen LogP contribution in [0.5, 0.6) is 0 Å². The molecule has 0 amide bonds. The highest BCUT2D eigenvalue weighted by Gasteiger charge is 2.09. The van der Waals surface area contributed by atoms with Crippen LogP contribution in [0, 0.1) is 11.6 Å². The Kier molecular flexibility index (Phi) is 6.12. The molecule has 4 heteroatoms. The molecule has 0 fully saturated rings. The number of benzene rings is 3. The first-order chi connectivity index (χ1) is 14.6. The fraction of sp³-hybridized carbons (Fsp3) is 0.231. The first-order valence-corrected chi connectivity index (χ1v) is 10.4. The van der Waals surface area contributed by atoms with E-state index in [0.29, 0.717) is 23.8 Å². The van der Waals surface area contributed by atoms with E-state index in [1.807, 2.05) is 42.7 Å². The first-order valence-electron chi connectivity index (χ1n) is 10.4. The van der Waals surface area contributed by atoms with E-state index < -0.39 is 0 Å². The van der Waals surface area contributed by atoms with Crippen molar-refractivity contribution in [1.82, 2.24) is 9.97 Å². The molecule has 0 N–H and O–H groups in total. The summed E-state index contributed by atoms with van der Waals surface area (Å²) in [4.78, 5) is 8.82. The van der Waals surface area contributed by atoms with Gasteiger partial charge >= 0.3 is 0 Å². The Morgan fingerprint density at radius 1 is 0.700 bits per heavy atom.